The quantitative estimate of drug-likeness (QED) is 0.173. The third kappa shape index (κ3) is 7.51. The minimum absolute atomic E-state index is 0.171. The molecule has 232 valence electrons. The number of carboxylic acid groups (broad SMARTS) is 1. The first kappa shape index (κ1) is 32.0. The second-order valence-electron chi connectivity index (χ2n) is 11.7. The van der Waals surface area contributed by atoms with Crippen LogP contribution in [0.15, 0.2) is 0 Å². The van der Waals surface area contributed by atoms with E-state index in [9.17, 15) is 40.5 Å². The molecule has 4 fully saturated rings. The summed E-state index contributed by atoms with van der Waals surface area (Å²) in [6.07, 6.45) is -8.00. The molecule has 4 aliphatic rings. The Labute approximate surface area is 233 Å². The van der Waals surface area contributed by atoms with Crippen LogP contribution < -0.4 is 0 Å². The lowest BCUT2D eigenvalue weighted by molar-refractivity contribution is -0.345. The van der Waals surface area contributed by atoms with Crippen molar-refractivity contribution in [1.82, 2.24) is 0 Å². The fourth-order valence-electron chi connectivity index (χ4n) is 6.30. The normalized spacial score (nSPS) is 44.3. The topological polar surface area (TPSA) is 205 Å². The number of carboxylic acids is 1. The van der Waals surface area contributed by atoms with Crippen molar-refractivity contribution >= 4 is 5.97 Å². The third-order valence-corrected chi connectivity index (χ3v) is 8.76. The molecule has 0 aromatic rings. The summed E-state index contributed by atoms with van der Waals surface area (Å²) >= 11 is 0. The van der Waals surface area contributed by atoms with Crippen molar-refractivity contribution in [3.05, 3.63) is 0 Å². The van der Waals surface area contributed by atoms with Crippen LogP contribution in [-0.2, 0) is 28.5 Å². The van der Waals surface area contributed by atoms with Crippen LogP contribution in [0.4, 0.5) is 0 Å². The summed E-state index contributed by atoms with van der Waals surface area (Å²) in [5, 5.41) is 72.2. The largest absolute Gasteiger partial charge is 0.479 e. The molecule has 2 saturated carbocycles. The number of ether oxygens (including phenoxy) is 5. The molecule has 40 heavy (non-hydrogen) atoms. The lowest BCUT2D eigenvalue weighted by atomic mass is 9.85. The van der Waals surface area contributed by atoms with Gasteiger partial charge in [0.1, 0.15) is 42.7 Å². The number of aliphatic hydroxyl groups is 6. The van der Waals surface area contributed by atoms with E-state index in [1.807, 2.05) is 0 Å². The maximum atomic E-state index is 12.1. The fourth-order valence-corrected chi connectivity index (χ4v) is 6.30. The van der Waals surface area contributed by atoms with Crippen molar-refractivity contribution in [3.63, 3.8) is 0 Å². The zero-order valence-electron chi connectivity index (χ0n) is 22.9. The number of carbonyl (C=O) groups is 1. The molecule has 2 heterocycles. The number of aliphatic carboxylic acids is 1. The van der Waals surface area contributed by atoms with Crippen LogP contribution in [0.1, 0.15) is 71.1 Å². The zero-order valence-corrected chi connectivity index (χ0v) is 22.9. The van der Waals surface area contributed by atoms with Crippen molar-refractivity contribution in [1.29, 1.82) is 0 Å². The van der Waals surface area contributed by atoms with Gasteiger partial charge in [-0.3, -0.25) is 0 Å². The standard InChI is InChI=1S/C27H46O13/c1-13-19(29)21(31)22(32)26(36-13)38-15-9-5-6-10-16(15)39-27-23(33)24(20(30)18(12-28)40-27)37-17(25(34)35)11-14-7-3-2-4-8-14/h13-24,26-33H,2-12H2,1H3,(H,34,35)/t13-,15+,16+,17-,18-,19+,20-,21-,22-,23-,24-,26-,27+/m0/s1. The number of aliphatic hydroxyl groups excluding tert-OH is 6. The van der Waals surface area contributed by atoms with Crippen molar-refractivity contribution in [2.45, 2.75) is 151 Å². The summed E-state index contributed by atoms with van der Waals surface area (Å²) in [6.45, 7) is 0.940. The summed E-state index contributed by atoms with van der Waals surface area (Å²) in [5.41, 5.74) is 0. The summed E-state index contributed by atoms with van der Waals surface area (Å²) in [6, 6.07) is 0. The molecule has 7 N–H and O–H groups in total. The molecule has 0 unspecified atom stereocenters. The molecule has 2 aliphatic heterocycles. The average Bonchev–Trinajstić information content (AvgIpc) is 2.95. The highest BCUT2D eigenvalue weighted by Gasteiger charge is 2.50. The van der Waals surface area contributed by atoms with Gasteiger partial charge in [-0.05, 0) is 32.1 Å². The molecule has 4 rings (SSSR count). The minimum Gasteiger partial charge on any atom is -0.479 e. The second kappa shape index (κ2) is 14.5. The van der Waals surface area contributed by atoms with Gasteiger partial charge in [-0.2, -0.15) is 0 Å². The number of rotatable bonds is 10. The van der Waals surface area contributed by atoms with Gasteiger partial charge in [-0.15, -0.1) is 0 Å². The highest BCUT2D eigenvalue weighted by molar-refractivity contribution is 5.72. The Balaban J connectivity index is 1.43. The van der Waals surface area contributed by atoms with Crippen molar-refractivity contribution in [3.8, 4) is 0 Å². The summed E-state index contributed by atoms with van der Waals surface area (Å²) < 4.78 is 29.2. The highest BCUT2D eigenvalue weighted by atomic mass is 16.7. The second-order valence-corrected chi connectivity index (χ2v) is 11.7. The van der Waals surface area contributed by atoms with E-state index in [-0.39, 0.29) is 12.3 Å². The Morgan fingerprint density at radius 1 is 0.775 bits per heavy atom. The molecule has 0 bridgehead atoms. The van der Waals surface area contributed by atoms with Crippen molar-refractivity contribution in [2.24, 2.45) is 5.92 Å². The van der Waals surface area contributed by atoms with Crippen LogP contribution in [0.5, 0.6) is 0 Å². The summed E-state index contributed by atoms with van der Waals surface area (Å²) in [7, 11) is 0. The molecule has 13 heteroatoms. The average molecular weight is 579 g/mol. The van der Waals surface area contributed by atoms with E-state index < -0.39 is 92.3 Å². The zero-order chi connectivity index (χ0) is 29.0. The first-order valence-corrected chi connectivity index (χ1v) is 14.6. The van der Waals surface area contributed by atoms with E-state index in [1.54, 1.807) is 6.92 Å². The maximum Gasteiger partial charge on any atom is 0.332 e. The van der Waals surface area contributed by atoms with Gasteiger partial charge < -0.3 is 59.4 Å². The van der Waals surface area contributed by atoms with Crippen LogP contribution >= 0.6 is 0 Å². The predicted octanol–water partition coefficient (Wildman–Crippen LogP) is -0.594. The van der Waals surface area contributed by atoms with E-state index in [0.717, 1.165) is 44.9 Å². The van der Waals surface area contributed by atoms with E-state index in [1.165, 1.54) is 0 Å². The molecular weight excluding hydrogens is 532 g/mol. The molecular formula is C27H46O13. The Kier molecular flexibility index (Phi) is 11.6. The van der Waals surface area contributed by atoms with E-state index in [2.05, 4.69) is 0 Å². The predicted molar refractivity (Wildman–Crippen MR) is 136 cm³/mol. The van der Waals surface area contributed by atoms with Crippen LogP contribution in [-0.4, -0.2) is 128 Å². The maximum absolute atomic E-state index is 12.1. The van der Waals surface area contributed by atoms with Gasteiger partial charge in [0, 0.05) is 0 Å². The fraction of sp³-hybridized carbons (Fsp3) is 0.963. The van der Waals surface area contributed by atoms with E-state index in [4.69, 9.17) is 23.7 Å². The number of hydrogen-bond donors (Lipinski definition) is 7. The Morgan fingerprint density at radius 2 is 1.35 bits per heavy atom. The van der Waals surface area contributed by atoms with Gasteiger partial charge in [0.05, 0.1) is 24.9 Å². The first-order valence-electron chi connectivity index (χ1n) is 14.6. The van der Waals surface area contributed by atoms with Crippen LogP contribution in [0.3, 0.4) is 0 Å². The SMILES string of the molecule is C[C@@H]1O[C@@H](O[C@@H]2CCCC[C@H]2O[C@@H]2O[C@@H](CO)[C@H](O)[C@H](O[C@@H](CC3CCCCC3)C(=O)O)[C@@H]2O)[C@@H](O)[C@@H](O)[C@@H]1O. The van der Waals surface area contributed by atoms with Gasteiger partial charge in [0.15, 0.2) is 18.7 Å². The van der Waals surface area contributed by atoms with Crippen LogP contribution in [0, 0.1) is 5.92 Å². The lowest BCUT2D eigenvalue weighted by Crippen LogP contribution is -2.62. The molecule has 0 spiro atoms. The van der Waals surface area contributed by atoms with E-state index >= 15 is 0 Å². The Bertz CT molecular complexity index is 794. The molecule has 2 aliphatic carbocycles. The monoisotopic (exact) mass is 578 g/mol. The van der Waals surface area contributed by atoms with Crippen LogP contribution in [0.2, 0.25) is 0 Å². The molecule has 13 nitrogen and oxygen atoms in total. The van der Waals surface area contributed by atoms with Crippen molar-refractivity contribution in [2.75, 3.05) is 6.61 Å². The molecule has 0 amide bonds. The van der Waals surface area contributed by atoms with Gasteiger partial charge in [-0.1, -0.05) is 44.9 Å². The first-order chi connectivity index (χ1) is 19.1. The van der Waals surface area contributed by atoms with Gasteiger partial charge in [0.2, 0.25) is 0 Å². The smallest absolute Gasteiger partial charge is 0.332 e. The van der Waals surface area contributed by atoms with Crippen LogP contribution in [0.25, 0.3) is 0 Å². The molecule has 13 atom stereocenters. The Hall–Kier alpha value is -0.970. The van der Waals surface area contributed by atoms with Gasteiger partial charge in [0.25, 0.3) is 0 Å². The van der Waals surface area contributed by atoms with Gasteiger partial charge >= 0.3 is 5.97 Å². The minimum atomic E-state index is -1.57. The Morgan fingerprint density at radius 3 is 1.93 bits per heavy atom. The van der Waals surface area contributed by atoms with Gasteiger partial charge in [-0.25, -0.2) is 4.79 Å². The van der Waals surface area contributed by atoms with E-state index in [0.29, 0.717) is 12.8 Å². The molecule has 0 radical (unpaired) electrons. The summed E-state index contributed by atoms with van der Waals surface area (Å²) in [4.78, 5) is 12.1. The summed E-state index contributed by atoms with van der Waals surface area (Å²) in [5.74, 6) is -1.02. The number of hydrogen-bond acceptors (Lipinski definition) is 12. The molecule has 0 aromatic carbocycles. The lowest BCUT2D eigenvalue weighted by Gasteiger charge is -2.46. The highest BCUT2D eigenvalue weighted by Crippen LogP contribution is 2.34. The molecule has 0 aromatic heterocycles. The van der Waals surface area contributed by atoms with Crippen molar-refractivity contribution < 1.29 is 64.2 Å². The molecule has 2 saturated heterocycles. The third-order valence-electron chi connectivity index (χ3n) is 8.76.